The van der Waals surface area contributed by atoms with Crippen LogP contribution in [-0.2, 0) is 0 Å². The number of aromatic hydroxyl groups is 1. The molecular formula is C15H12BrNO4. The van der Waals surface area contributed by atoms with Crippen LogP contribution in [0.25, 0.3) is 0 Å². The average Bonchev–Trinajstić information content (AvgIpc) is 2.41. The van der Waals surface area contributed by atoms with Gasteiger partial charge in [-0.15, -0.1) is 0 Å². The molecule has 21 heavy (non-hydrogen) atoms. The zero-order chi connectivity index (χ0) is 15.6. The van der Waals surface area contributed by atoms with Gasteiger partial charge in [-0.3, -0.25) is 4.79 Å². The van der Waals surface area contributed by atoms with Gasteiger partial charge in [0.2, 0.25) is 0 Å². The Morgan fingerprint density at radius 2 is 1.81 bits per heavy atom. The van der Waals surface area contributed by atoms with Gasteiger partial charge >= 0.3 is 5.97 Å². The van der Waals surface area contributed by atoms with Gasteiger partial charge in [0, 0.05) is 15.7 Å². The van der Waals surface area contributed by atoms with Gasteiger partial charge in [-0.05, 0) is 48.9 Å². The van der Waals surface area contributed by atoms with E-state index < -0.39 is 5.97 Å². The van der Waals surface area contributed by atoms with Crippen molar-refractivity contribution in [1.29, 1.82) is 0 Å². The van der Waals surface area contributed by atoms with E-state index in [9.17, 15) is 14.7 Å². The summed E-state index contributed by atoms with van der Waals surface area (Å²) in [6.07, 6.45) is 0. The molecular weight excluding hydrogens is 338 g/mol. The van der Waals surface area contributed by atoms with Gasteiger partial charge < -0.3 is 15.5 Å². The number of benzene rings is 2. The second-order valence-corrected chi connectivity index (χ2v) is 5.40. The van der Waals surface area contributed by atoms with Gasteiger partial charge in [-0.25, -0.2) is 4.79 Å². The van der Waals surface area contributed by atoms with Crippen LogP contribution in [0.4, 0.5) is 5.69 Å². The molecule has 2 aromatic carbocycles. The molecule has 0 unspecified atom stereocenters. The highest BCUT2D eigenvalue weighted by Gasteiger charge is 2.11. The minimum atomic E-state index is -1.08. The number of hydrogen-bond acceptors (Lipinski definition) is 3. The number of carboxylic acid groups (broad SMARTS) is 1. The second kappa shape index (κ2) is 5.97. The largest absolute Gasteiger partial charge is 0.508 e. The number of carbonyl (C=O) groups is 2. The maximum Gasteiger partial charge on any atom is 0.335 e. The maximum atomic E-state index is 12.1. The lowest BCUT2D eigenvalue weighted by Gasteiger charge is -2.08. The number of aromatic carboxylic acids is 1. The summed E-state index contributed by atoms with van der Waals surface area (Å²) >= 11 is 3.20. The maximum absolute atomic E-state index is 12.1. The molecule has 0 saturated carbocycles. The number of anilines is 1. The van der Waals surface area contributed by atoms with Gasteiger partial charge in [-0.2, -0.15) is 0 Å². The van der Waals surface area contributed by atoms with Crippen LogP contribution < -0.4 is 5.32 Å². The van der Waals surface area contributed by atoms with Crippen LogP contribution in [0, 0.1) is 6.92 Å². The fourth-order valence-electron chi connectivity index (χ4n) is 1.79. The SMILES string of the molecule is Cc1cc(C(=O)Nc2cc(Br)cc(C(=O)O)c2)ccc1O. The Kier molecular flexibility index (Phi) is 4.28. The van der Waals surface area contributed by atoms with Gasteiger partial charge in [0.1, 0.15) is 5.75 Å². The molecule has 5 nitrogen and oxygen atoms in total. The molecule has 0 aliphatic carbocycles. The van der Waals surface area contributed by atoms with E-state index in [0.717, 1.165) is 0 Å². The molecule has 2 aromatic rings. The van der Waals surface area contributed by atoms with E-state index in [1.54, 1.807) is 19.1 Å². The number of nitrogens with one attached hydrogen (secondary N) is 1. The summed E-state index contributed by atoms with van der Waals surface area (Å²) in [5.74, 6) is -1.35. The predicted octanol–water partition coefficient (Wildman–Crippen LogP) is 3.41. The van der Waals surface area contributed by atoms with Gasteiger partial charge in [-0.1, -0.05) is 15.9 Å². The summed E-state index contributed by atoms with van der Waals surface area (Å²) in [6, 6.07) is 8.92. The molecule has 3 N–H and O–H groups in total. The summed E-state index contributed by atoms with van der Waals surface area (Å²) in [5, 5.41) is 21.1. The summed E-state index contributed by atoms with van der Waals surface area (Å²) in [5.41, 5.74) is 1.41. The highest BCUT2D eigenvalue weighted by atomic mass is 79.9. The third-order valence-corrected chi connectivity index (χ3v) is 3.32. The zero-order valence-electron chi connectivity index (χ0n) is 11.1. The van der Waals surface area contributed by atoms with Crippen molar-refractivity contribution >= 4 is 33.5 Å². The Morgan fingerprint density at radius 3 is 2.43 bits per heavy atom. The van der Waals surface area contributed by atoms with Crippen molar-refractivity contribution in [3.63, 3.8) is 0 Å². The van der Waals surface area contributed by atoms with Crippen LogP contribution in [-0.4, -0.2) is 22.1 Å². The number of rotatable bonds is 3. The number of hydrogen-bond donors (Lipinski definition) is 3. The molecule has 0 heterocycles. The van der Waals surface area contributed by atoms with Crippen molar-refractivity contribution in [2.75, 3.05) is 5.32 Å². The number of carboxylic acids is 1. The third-order valence-electron chi connectivity index (χ3n) is 2.86. The first kappa shape index (κ1) is 15.1. The molecule has 108 valence electrons. The first-order valence-electron chi connectivity index (χ1n) is 6.01. The summed E-state index contributed by atoms with van der Waals surface area (Å²) in [4.78, 5) is 23.1. The van der Waals surface area contributed by atoms with Crippen LogP contribution >= 0.6 is 15.9 Å². The summed E-state index contributed by atoms with van der Waals surface area (Å²) in [7, 11) is 0. The minimum absolute atomic E-state index is 0.0709. The predicted molar refractivity (Wildman–Crippen MR) is 81.9 cm³/mol. The van der Waals surface area contributed by atoms with Crippen LogP contribution in [0.2, 0.25) is 0 Å². The van der Waals surface area contributed by atoms with E-state index >= 15 is 0 Å². The lowest BCUT2D eigenvalue weighted by molar-refractivity contribution is 0.0696. The molecule has 0 radical (unpaired) electrons. The molecule has 0 atom stereocenters. The van der Waals surface area contributed by atoms with Crippen molar-refractivity contribution in [2.24, 2.45) is 0 Å². The van der Waals surface area contributed by atoms with Crippen LogP contribution in [0.5, 0.6) is 5.75 Å². The molecule has 6 heteroatoms. The monoisotopic (exact) mass is 349 g/mol. The second-order valence-electron chi connectivity index (χ2n) is 4.49. The Morgan fingerprint density at radius 1 is 1.10 bits per heavy atom. The summed E-state index contributed by atoms with van der Waals surface area (Å²) in [6.45, 7) is 1.69. The Hall–Kier alpha value is -2.34. The third kappa shape index (κ3) is 3.61. The number of aryl methyl sites for hydroxylation is 1. The molecule has 1 amide bonds. The van der Waals surface area contributed by atoms with Gasteiger partial charge in [0.05, 0.1) is 5.56 Å². The van der Waals surface area contributed by atoms with Crippen molar-refractivity contribution < 1.29 is 19.8 Å². The molecule has 0 spiro atoms. The molecule has 0 aromatic heterocycles. The van der Waals surface area contributed by atoms with E-state index in [4.69, 9.17) is 5.11 Å². The number of carbonyl (C=O) groups excluding carboxylic acids is 1. The van der Waals surface area contributed by atoms with Gasteiger partial charge in [0.25, 0.3) is 5.91 Å². The van der Waals surface area contributed by atoms with Gasteiger partial charge in [0.15, 0.2) is 0 Å². The standard InChI is InChI=1S/C15H12BrNO4/c1-8-4-9(2-3-13(8)18)14(19)17-12-6-10(15(20)21)5-11(16)7-12/h2-7,18H,1H3,(H,17,19)(H,20,21). The van der Waals surface area contributed by atoms with Crippen LogP contribution in [0.1, 0.15) is 26.3 Å². The van der Waals surface area contributed by atoms with Crippen LogP contribution in [0.15, 0.2) is 40.9 Å². The van der Waals surface area contributed by atoms with Crippen molar-refractivity contribution in [3.05, 3.63) is 57.6 Å². The fourth-order valence-corrected chi connectivity index (χ4v) is 2.28. The lowest BCUT2D eigenvalue weighted by Crippen LogP contribution is -2.12. The molecule has 0 aliphatic rings. The molecule has 0 saturated heterocycles. The van der Waals surface area contributed by atoms with E-state index in [-0.39, 0.29) is 17.2 Å². The quantitative estimate of drug-likeness (QED) is 0.792. The highest BCUT2D eigenvalue weighted by molar-refractivity contribution is 9.10. The van der Waals surface area contributed by atoms with E-state index in [2.05, 4.69) is 21.2 Å². The first-order chi connectivity index (χ1) is 9.86. The van der Waals surface area contributed by atoms with Crippen molar-refractivity contribution in [2.45, 2.75) is 6.92 Å². The topological polar surface area (TPSA) is 86.6 Å². The molecule has 0 fully saturated rings. The van der Waals surface area contributed by atoms with Crippen molar-refractivity contribution in [3.8, 4) is 5.75 Å². The smallest absolute Gasteiger partial charge is 0.335 e. The normalized spacial score (nSPS) is 10.2. The first-order valence-corrected chi connectivity index (χ1v) is 6.81. The lowest BCUT2D eigenvalue weighted by atomic mass is 10.1. The minimum Gasteiger partial charge on any atom is -0.508 e. The van der Waals surface area contributed by atoms with Crippen LogP contribution in [0.3, 0.4) is 0 Å². The molecule has 0 aliphatic heterocycles. The Bertz CT molecular complexity index is 728. The fraction of sp³-hybridized carbons (Fsp3) is 0.0667. The number of phenols is 1. The number of phenolic OH excluding ortho intramolecular Hbond substituents is 1. The van der Waals surface area contributed by atoms with E-state index in [1.165, 1.54) is 24.3 Å². The van der Waals surface area contributed by atoms with E-state index in [0.29, 0.717) is 21.3 Å². The Balaban J connectivity index is 2.27. The zero-order valence-corrected chi connectivity index (χ0v) is 12.6. The van der Waals surface area contributed by atoms with E-state index in [1.807, 2.05) is 0 Å². The number of amides is 1. The van der Waals surface area contributed by atoms with Crippen molar-refractivity contribution in [1.82, 2.24) is 0 Å². The summed E-state index contributed by atoms with van der Waals surface area (Å²) < 4.78 is 0.555. The average molecular weight is 350 g/mol. The number of halogens is 1. The molecule has 2 rings (SSSR count). The Labute approximate surface area is 129 Å². The molecule has 0 bridgehead atoms. The highest BCUT2D eigenvalue weighted by Crippen LogP contribution is 2.22.